The lowest BCUT2D eigenvalue weighted by molar-refractivity contribution is 0.0950. The van der Waals surface area contributed by atoms with E-state index in [0.29, 0.717) is 11.3 Å². The van der Waals surface area contributed by atoms with Crippen molar-refractivity contribution in [1.82, 2.24) is 15.6 Å². The number of phenolic OH excluding ortho intramolecular Hbond substituents is 1. The molecular formula is C27H27N5O2. The summed E-state index contributed by atoms with van der Waals surface area (Å²) >= 11 is 0. The fourth-order valence-corrected chi connectivity index (χ4v) is 4.69. The van der Waals surface area contributed by atoms with Gasteiger partial charge in [0.05, 0.1) is 11.9 Å². The number of anilines is 1. The SMILES string of the molecule is CCN(CC)c1ccc(/C=N\NC(=O)c2cc(-c3ccc4c5c(cccc35)CC4)n[nH]2)c(O)c1. The van der Waals surface area contributed by atoms with Crippen LogP contribution >= 0.6 is 0 Å². The molecule has 0 aliphatic heterocycles. The number of aromatic nitrogens is 2. The number of benzene rings is 3. The van der Waals surface area contributed by atoms with Gasteiger partial charge in [0.25, 0.3) is 5.91 Å². The first kappa shape index (κ1) is 21.7. The second kappa shape index (κ2) is 9.02. The molecule has 1 aromatic heterocycles. The molecule has 0 fully saturated rings. The van der Waals surface area contributed by atoms with Crippen molar-refractivity contribution in [2.45, 2.75) is 26.7 Å². The number of hydrogen-bond acceptors (Lipinski definition) is 5. The van der Waals surface area contributed by atoms with Crippen LogP contribution in [-0.4, -0.2) is 40.5 Å². The molecule has 1 aliphatic rings. The number of H-pyrrole nitrogens is 1. The number of nitrogens with one attached hydrogen (secondary N) is 2. The van der Waals surface area contributed by atoms with Gasteiger partial charge in [0.15, 0.2) is 0 Å². The minimum atomic E-state index is -0.403. The first-order valence-electron chi connectivity index (χ1n) is 11.6. The Kier molecular flexibility index (Phi) is 5.76. The molecule has 1 heterocycles. The van der Waals surface area contributed by atoms with Crippen molar-refractivity contribution >= 4 is 28.6 Å². The molecule has 34 heavy (non-hydrogen) atoms. The van der Waals surface area contributed by atoms with E-state index in [9.17, 15) is 9.90 Å². The van der Waals surface area contributed by atoms with Crippen LogP contribution in [-0.2, 0) is 12.8 Å². The maximum Gasteiger partial charge on any atom is 0.289 e. The molecule has 5 rings (SSSR count). The summed E-state index contributed by atoms with van der Waals surface area (Å²) in [4.78, 5) is 14.7. The van der Waals surface area contributed by atoms with Crippen LogP contribution in [0.5, 0.6) is 5.75 Å². The molecule has 1 aliphatic carbocycles. The van der Waals surface area contributed by atoms with Gasteiger partial charge < -0.3 is 10.0 Å². The van der Waals surface area contributed by atoms with Gasteiger partial charge in [-0.25, -0.2) is 5.43 Å². The van der Waals surface area contributed by atoms with Gasteiger partial charge in [-0.15, -0.1) is 0 Å². The van der Waals surface area contributed by atoms with Crippen LogP contribution in [0.25, 0.3) is 22.0 Å². The molecule has 0 unspecified atom stereocenters. The molecule has 1 amide bonds. The van der Waals surface area contributed by atoms with Gasteiger partial charge in [0.2, 0.25) is 0 Å². The lowest BCUT2D eigenvalue weighted by Gasteiger charge is -2.21. The third-order valence-electron chi connectivity index (χ3n) is 6.49. The zero-order valence-corrected chi connectivity index (χ0v) is 19.3. The number of phenols is 1. The Bertz CT molecular complexity index is 1390. The number of aromatic hydroxyl groups is 1. The fourth-order valence-electron chi connectivity index (χ4n) is 4.69. The van der Waals surface area contributed by atoms with Crippen molar-refractivity contribution in [3.63, 3.8) is 0 Å². The van der Waals surface area contributed by atoms with E-state index < -0.39 is 5.91 Å². The average Bonchev–Trinajstić information content (AvgIpc) is 3.50. The van der Waals surface area contributed by atoms with E-state index in [4.69, 9.17) is 0 Å². The number of amides is 1. The molecular weight excluding hydrogens is 426 g/mol. The van der Waals surface area contributed by atoms with Crippen LogP contribution in [0.2, 0.25) is 0 Å². The number of nitrogens with zero attached hydrogens (tertiary/aromatic N) is 3. The van der Waals surface area contributed by atoms with Crippen molar-refractivity contribution < 1.29 is 9.90 Å². The molecule has 0 radical (unpaired) electrons. The molecule has 7 nitrogen and oxygen atoms in total. The van der Waals surface area contributed by atoms with Crippen molar-refractivity contribution in [3.8, 4) is 17.0 Å². The van der Waals surface area contributed by atoms with Crippen molar-refractivity contribution in [2.24, 2.45) is 5.10 Å². The normalized spacial score (nSPS) is 12.5. The van der Waals surface area contributed by atoms with Crippen LogP contribution < -0.4 is 10.3 Å². The van der Waals surface area contributed by atoms with Gasteiger partial charge in [0.1, 0.15) is 11.4 Å². The second-order valence-electron chi connectivity index (χ2n) is 8.39. The summed E-state index contributed by atoms with van der Waals surface area (Å²) in [6.07, 6.45) is 3.56. The molecule has 4 aromatic rings. The highest BCUT2D eigenvalue weighted by molar-refractivity contribution is 6.02. The average molecular weight is 454 g/mol. The molecule has 0 atom stereocenters. The third kappa shape index (κ3) is 3.90. The monoisotopic (exact) mass is 453 g/mol. The minimum absolute atomic E-state index is 0.110. The summed E-state index contributed by atoms with van der Waals surface area (Å²) in [7, 11) is 0. The number of hydrogen-bond donors (Lipinski definition) is 3. The Hall–Kier alpha value is -4.13. The number of carbonyl (C=O) groups excluding carboxylic acids is 1. The molecule has 172 valence electrons. The third-order valence-corrected chi connectivity index (χ3v) is 6.49. The van der Waals surface area contributed by atoms with Gasteiger partial charge in [0, 0.05) is 36.0 Å². The largest absolute Gasteiger partial charge is 0.507 e. The van der Waals surface area contributed by atoms with E-state index >= 15 is 0 Å². The Morgan fingerprint density at radius 1 is 1.12 bits per heavy atom. The van der Waals surface area contributed by atoms with E-state index in [-0.39, 0.29) is 5.75 Å². The van der Waals surface area contributed by atoms with E-state index in [0.717, 1.165) is 48.3 Å². The minimum Gasteiger partial charge on any atom is -0.507 e. The predicted molar refractivity (Wildman–Crippen MR) is 136 cm³/mol. The number of aromatic amines is 1. The topological polar surface area (TPSA) is 93.6 Å². The zero-order valence-electron chi connectivity index (χ0n) is 19.3. The van der Waals surface area contributed by atoms with Crippen molar-refractivity contribution in [1.29, 1.82) is 0 Å². The van der Waals surface area contributed by atoms with E-state index in [1.807, 2.05) is 6.07 Å². The number of carbonyl (C=O) groups is 1. The van der Waals surface area contributed by atoms with E-state index in [1.54, 1.807) is 18.2 Å². The summed E-state index contributed by atoms with van der Waals surface area (Å²) in [5.74, 6) is -0.293. The molecule has 0 bridgehead atoms. The van der Waals surface area contributed by atoms with Crippen LogP contribution in [0.4, 0.5) is 5.69 Å². The van der Waals surface area contributed by atoms with Gasteiger partial charge in [-0.2, -0.15) is 10.2 Å². The summed E-state index contributed by atoms with van der Waals surface area (Å²) in [6, 6.07) is 17.7. The van der Waals surface area contributed by atoms with Crippen molar-refractivity contribution in [3.05, 3.63) is 77.0 Å². The summed E-state index contributed by atoms with van der Waals surface area (Å²) in [5, 5.41) is 24.0. The van der Waals surface area contributed by atoms with Crippen LogP contribution in [0.1, 0.15) is 41.0 Å². The van der Waals surface area contributed by atoms with Crippen LogP contribution in [0.15, 0.2) is 59.7 Å². The van der Waals surface area contributed by atoms with Crippen molar-refractivity contribution in [2.75, 3.05) is 18.0 Å². The molecule has 0 saturated carbocycles. The highest BCUT2D eigenvalue weighted by atomic mass is 16.3. The summed E-state index contributed by atoms with van der Waals surface area (Å²) < 4.78 is 0. The molecule has 0 saturated heterocycles. The number of aryl methyl sites for hydroxylation is 2. The predicted octanol–water partition coefficient (Wildman–Crippen LogP) is 4.64. The molecule has 3 aromatic carbocycles. The van der Waals surface area contributed by atoms with Gasteiger partial charge in [-0.1, -0.05) is 30.3 Å². The Labute approximate surface area is 198 Å². The van der Waals surface area contributed by atoms with Crippen LogP contribution in [0.3, 0.4) is 0 Å². The Morgan fingerprint density at radius 3 is 2.68 bits per heavy atom. The smallest absolute Gasteiger partial charge is 0.289 e. The van der Waals surface area contributed by atoms with Crippen LogP contribution in [0, 0.1) is 0 Å². The summed E-state index contributed by atoms with van der Waals surface area (Å²) in [5.41, 5.74) is 8.73. The van der Waals surface area contributed by atoms with Gasteiger partial charge in [-0.3, -0.25) is 9.89 Å². The Morgan fingerprint density at radius 2 is 1.91 bits per heavy atom. The highest BCUT2D eigenvalue weighted by Crippen LogP contribution is 2.36. The molecule has 3 N–H and O–H groups in total. The quantitative estimate of drug-likeness (QED) is 0.281. The van der Waals surface area contributed by atoms with E-state index in [2.05, 4.69) is 69.8 Å². The lowest BCUT2D eigenvalue weighted by Crippen LogP contribution is -2.21. The maximum absolute atomic E-state index is 12.6. The first-order valence-corrected chi connectivity index (χ1v) is 11.6. The first-order chi connectivity index (χ1) is 16.6. The fraction of sp³-hybridized carbons (Fsp3) is 0.222. The number of hydrazone groups is 1. The Balaban J connectivity index is 1.31. The molecule has 7 heteroatoms. The number of rotatable bonds is 7. The van der Waals surface area contributed by atoms with Gasteiger partial charge >= 0.3 is 0 Å². The zero-order chi connectivity index (χ0) is 23.7. The maximum atomic E-state index is 12.6. The van der Waals surface area contributed by atoms with Gasteiger partial charge in [-0.05, 0) is 66.8 Å². The molecule has 0 spiro atoms. The highest BCUT2D eigenvalue weighted by Gasteiger charge is 2.18. The lowest BCUT2D eigenvalue weighted by atomic mass is 9.98. The standard InChI is InChI=1S/C27H27N5O2/c1-3-32(4-2)20-12-10-19(25(33)14-20)16-28-31-27(34)24-15-23(29-30-24)21-13-11-18-9-8-17-6-5-7-22(21)26(17)18/h5-7,10-16,33H,3-4,8-9H2,1-2H3,(H,29,30)(H,31,34)/b28-16-. The second-order valence-corrected chi connectivity index (χ2v) is 8.39. The van der Waals surface area contributed by atoms with E-state index in [1.165, 1.54) is 22.7 Å². The summed E-state index contributed by atoms with van der Waals surface area (Å²) in [6.45, 7) is 5.84.